The van der Waals surface area contributed by atoms with Crippen molar-refractivity contribution >= 4 is 37.9 Å². The second-order valence-electron chi connectivity index (χ2n) is 4.33. The third kappa shape index (κ3) is 3.34. The monoisotopic (exact) mass is 390 g/mol. The van der Waals surface area contributed by atoms with Gasteiger partial charge in [-0.05, 0) is 22.0 Å². The van der Waals surface area contributed by atoms with Gasteiger partial charge >= 0.3 is 16.4 Å². The fraction of sp³-hybridized carbons (Fsp3) is 0.400. The van der Waals surface area contributed by atoms with Crippen LogP contribution < -0.4 is 4.90 Å². The first kappa shape index (κ1) is 16.1. The van der Waals surface area contributed by atoms with Crippen molar-refractivity contribution in [3.8, 4) is 0 Å². The Labute approximate surface area is 125 Å². The number of alkyl halides is 3. The van der Waals surface area contributed by atoms with Gasteiger partial charge in [0.25, 0.3) is 0 Å². The van der Waals surface area contributed by atoms with Crippen molar-refractivity contribution in [3.05, 3.63) is 22.3 Å². The summed E-state index contributed by atoms with van der Waals surface area (Å²) < 4.78 is 73.4. The van der Waals surface area contributed by atoms with Crippen molar-refractivity contribution in [2.45, 2.75) is 17.8 Å². The molecule has 0 saturated carbocycles. The van der Waals surface area contributed by atoms with E-state index in [0.717, 1.165) is 6.20 Å². The maximum Gasteiger partial charge on any atom is 0.420 e. The molecule has 0 N–H and O–H groups in total. The minimum Gasteiger partial charge on any atom is -0.295 e. The highest BCUT2D eigenvalue weighted by Crippen LogP contribution is 2.38. The van der Waals surface area contributed by atoms with E-state index in [1.807, 2.05) is 0 Å². The fourth-order valence-corrected chi connectivity index (χ4v) is 2.92. The molecule has 1 atom stereocenters. The number of pyridine rings is 1. The Bertz CT molecular complexity index is 692. The lowest BCUT2D eigenvalue weighted by molar-refractivity contribution is -0.137. The van der Waals surface area contributed by atoms with Crippen LogP contribution in [-0.4, -0.2) is 31.1 Å². The van der Waals surface area contributed by atoms with Crippen LogP contribution in [0.5, 0.6) is 0 Å². The van der Waals surface area contributed by atoms with Gasteiger partial charge in [-0.1, -0.05) is 0 Å². The number of carbonyl (C=O) groups excluding carboxylic acids is 1. The molecular weight excluding hydrogens is 384 g/mol. The molecule has 1 aliphatic rings. The lowest BCUT2D eigenvalue weighted by Crippen LogP contribution is -2.30. The molecule has 2 rings (SSSR count). The van der Waals surface area contributed by atoms with Crippen LogP contribution in [-0.2, 0) is 21.2 Å². The van der Waals surface area contributed by atoms with E-state index in [2.05, 4.69) is 20.9 Å². The zero-order valence-corrected chi connectivity index (χ0v) is 12.5. The van der Waals surface area contributed by atoms with Crippen LogP contribution in [0.15, 0.2) is 16.7 Å². The predicted molar refractivity (Wildman–Crippen MR) is 67.7 cm³/mol. The molecule has 11 heteroatoms. The van der Waals surface area contributed by atoms with Crippen molar-refractivity contribution in [1.82, 2.24) is 4.98 Å². The Morgan fingerprint density at radius 1 is 1.38 bits per heavy atom. The number of aromatic nitrogens is 1. The van der Waals surface area contributed by atoms with Crippen molar-refractivity contribution in [3.63, 3.8) is 0 Å². The van der Waals surface area contributed by atoms with Crippen LogP contribution in [0, 0.1) is 0 Å². The lowest BCUT2D eigenvalue weighted by Gasteiger charge is -2.20. The largest absolute Gasteiger partial charge is 0.420 e. The Kier molecular flexibility index (Phi) is 4.00. The van der Waals surface area contributed by atoms with Crippen LogP contribution in [0.25, 0.3) is 0 Å². The number of hydrogen-bond donors (Lipinski definition) is 0. The normalized spacial score (nSPS) is 20.1. The minimum atomic E-state index is -5.01. The first-order valence-electron chi connectivity index (χ1n) is 5.46. The summed E-state index contributed by atoms with van der Waals surface area (Å²) >= 11 is 2.83. The zero-order chi connectivity index (χ0) is 16.0. The van der Waals surface area contributed by atoms with Gasteiger partial charge in [-0.25, -0.2) is 4.98 Å². The predicted octanol–water partition coefficient (Wildman–Crippen LogP) is 2.27. The molecule has 1 aliphatic heterocycles. The zero-order valence-electron chi connectivity index (χ0n) is 10.1. The second kappa shape index (κ2) is 5.20. The van der Waals surface area contributed by atoms with E-state index in [1.165, 1.54) is 0 Å². The van der Waals surface area contributed by atoms with E-state index in [-0.39, 0.29) is 4.47 Å². The Morgan fingerprint density at radius 2 is 2.00 bits per heavy atom. The molecule has 1 unspecified atom stereocenters. The summed E-state index contributed by atoms with van der Waals surface area (Å²) in [4.78, 5) is 15.7. The summed E-state index contributed by atoms with van der Waals surface area (Å²) in [6.45, 7) is -0.699. The van der Waals surface area contributed by atoms with Gasteiger partial charge in [0.15, 0.2) is 0 Å². The summed E-state index contributed by atoms with van der Waals surface area (Å²) in [6, 6.07) is 0.715. The molecule has 2 heterocycles. The number of hydrogen-bond acceptors (Lipinski definition) is 4. The highest BCUT2D eigenvalue weighted by Gasteiger charge is 2.43. The first-order valence-corrected chi connectivity index (χ1v) is 7.70. The van der Waals surface area contributed by atoms with Crippen molar-refractivity contribution in [2.24, 2.45) is 0 Å². The molecule has 1 fully saturated rings. The molecule has 1 saturated heterocycles. The average molecular weight is 391 g/mol. The smallest absolute Gasteiger partial charge is 0.295 e. The van der Waals surface area contributed by atoms with Gasteiger partial charge in [0.05, 0.1) is 5.56 Å². The maximum atomic E-state index is 12.9. The van der Waals surface area contributed by atoms with Crippen LogP contribution >= 0.6 is 15.9 Å². The van der Waals surface area contributed by atoms with Gasteiger partial charge in [-0.15, -0.1) is 3.89 Å². The number of anilines is 1. The highest BCUT2D eigenvalue weighted by atomic mass is 79.9. The van der Waals surface area contributed by atoms with E-state index < -0.39 is 51.9 Å². The molecule has 116 valence electrons. The van der Waals surface area contributed by atoms with Crippen molar-refractivity contribution < 1.29 is 30.3 Å². The average Bonchev–Trinajstić information content (AvgIpc) is 2.70. The van der Waals surface area contributed by atoms with Crippen LogP contribution in [0.2, 0.25) is 0 Å². The van der Waals surface area contributed by atoms with Crippen LogP contribution in [0.4, 0.5) is 22.9 Å². The first-order chi connectivity index (χ1) is 9.50. The fourth-order valence-electron chi connectivity index (χ4n) is 1.92. The molecule has 0 radical (unpaired) electrons. The Hall–Kier alpha value is -1.23. The summed E-state index contributed by atoms with van der Waals surface area (Å²) in [5.74, 6) is -1.66. The van der Waals surface area contributed by atoms with E-state index in [9.17, 15) is 30.3 Å². The Morgan fingerprint density at radius 3 is 2.48 bits per heavy atom. The summed E-state index contributed by atoms with van der Waals surface area (Å²) in [7, 11) is -5.01. The summed E-state index contributed by atoms with van der Waals surface area (Å²) in [5.41, 5.74) is -1.21. The maximum absolute atomic E-state index is 12.9. The Balaban J connectivity index is 2.46. The van der Waals surface area contributed by atoms with Crippen LogP contribution in [0.3, 0.4) is 0 Å². The van der Waals surface area contributed by atoms with Crippen LogP contribution in [0.1, 0.15) is 12.0 Å². The van der Waals surface area contributed by atoms with E-state index in [0.29, 0.717) is 11.0 Å². The standard InChI is InChI=1S/C10H7BrF4N2O3S/c11-5-1-7(10(12,13)14)9(16-3-5)17-4-6(2-8(17)18)21(15,19)20/h1,3,6H,2,4H2. The van der Waals surface area contributed by atoms with Gasteiger partial charge in [0.1, 0.15) is 11.1 Å². The molecular formula is C10H7BrF4N2O3S. The molecule has 0 aromatic carbocycles. The van der Waals surface area contributed by atoms with Gasteiger partial charge < -0.3 is 0 Å². The van der Waals surface area contributed by atoms with E-state index in [1.54, 1.807) is 0 Å². The number of carbonyl (C=O) groups is 1. The number of halogens is 5. The molecule has 1 amide bonds. The third-order valence-electron chi connectivity index (χ3n) is 2.88. The molecule has 1 aromatic heterocycles. The van der Waals surface area contributed by atoms with Gasteiger partial charge in [0.2, 0.25) is 5.91 Å². The third-order valence-corrected chi connectivity index (χ3v) is 4.43. The van der Waals surface area contributed by atoms with E-state index in [4.69, 9.17) is 0 Å². The van der Waals surface area contributed by atoms with Crippen molar-refractivity contribution in [2.75, 3.05) is 11.4 Å². The minimum absolute atomic E-state index is 0.0416. The summed E-state index contributed by atoms with van der Waals surface area (Å²) in [6.07, 6.45) is -4.47. The molecule has 0 aliphatic carbocycles. The van der Waals surface area contributed by atoms with Gasteiger partial charge in [-0.3, -0.25) is 9.69 Å². The topological polar surface area (TPSA) is 67.3 Å². The molecule has 0 bridgehead atoms. The SMILES string of the molecule is O=C1CC(S(=O)(=O)F)CN1c1ncc(Br)cc1C(F)(F)F. The molecule has 5 nitrogen and oxygen atoms in total. The van der Waals surface area contributed by atoms with Gasteiger partial charge in [0, 0.05) is 23.6 Å². The summed E-state index contributed by atoms with van der Waals surface area (Å²) in [5, 5.41) is -1.68. The molecule has 1 aromatic rings. The van der Waals surface area contributed by atoms with Crippen molar-refractivity contribution in [1.29, 1.82) is 0 Å². The highest BCUT2D eigenvalue weighted by molar-refractivity contribution is 9.10. The number of amides is 1. The number of rotatable bonds is 2. The molecule has 0 spiro atoms. The van der Waals surface area contributed by atoms with E-state index >= 15 is 0 Å². The quantitative estimate of drug-likeness (QED) is 0.573. The second-order valence-corrected chi connectivity index (χ2v) is 6.86. The lowest BCUT2D eigenvalue weighted by atomic mass is 10.2. The molecule has 21 heavy (non-hydrogen) atoms. The number of nitrogens with zero attached hydrogens (tertiary/aromatic N) is 2. The van der Waals surface area contributed by atoms with Gasteiger partial charge in [-0.2, -0.15) is 21.6 Å².